The number of primary sulfonamides is 2. The molecule has 0 aromatic heterocycles. The summed E-state index contributed by atoms with van der Waals surface area (Å²) in [6.07, 6.45) is 0. The molecule has 0 aliphatic heterocycles. The molecule has 0 spiro atoms. The molecule has 2 rings (SSSR count). The van der Waals surface area contributed by atoms with E-state index in [0.29, 0.717) is 16.7 Å². The Balaban J connectivity index is 2.14. The van der Waals surface area contributed by atoms with Crippen LogP contribution in [0.5, 0.6) is 0 Å². The number of rotatable bonds is 5. The third-order valence-corrected chi connectivity index (χ3v) is 5.88. The standard InChI is InChI=1S/C16H19N3O5S2/c1-10-7-12(3-5-14(10)25(17,21)22)9-19-16(20)13-4-6-15(11(2)8-13)26(18,23)24/h3-8H,9H2,1-2H3,(H,19,20)(H2,17,21,22)(H2,18,23,24). The van der Waals surface area contributed by atoms with E-state index in [-0.39, 0.29) is 21.9 Å². The van der Waals surface area contributed by atoms with Crippen LogP contribution in [0.4, 0.5) is 0 Å². The maximum atomic E-state index is 12.2. The van der Waals surface area contributed by atoms with Crippen LogP contribution < -0.4 is 15.6 Å². The van der Waals surface area contributed by atoms with Gasteiger partial charge in [0.05, 0.1) is 9.79 Å². The van der Waals surface area contributed by atoms with Gasteiger partial charge in [0.15, 0.2) is 0 Å². The highest BCUT2D eigenvalue weighted by Crippen LogP contribution is 2.17. The molecule has 26 heavy (non-hydrogen) atoms. The summed E-state index contributed by atoms with van der Waals surface area (Å²) in [6, 6.07) is 8.65. The Hall–Kier alpha value is -2.27. The van der Waals surface area contributed by atoms with Gasteiger partial charge in [0.2, 0.25) is 20.0 Å². The lowest BCUT2D eigenvalue weighted by molar-refractivity contribution is 0.0950. The molecule has 0 unspecified atom stereocenters. The van der Waals surface area contributed by atoms with Gasteiger partial charge < -0.3 is 5.32 Å². The molecule has 0 aliphatic rings. The van der Waals surface area contributed by atoms with Crippen molar-refractivity contribution in [1.82, 2.24) is 5.32 Å². The topological polar surface area (TPSA) is 149 Å². The molecule has 1 amide bonds. The number of hydrogen-bond acceptors (Lipinski definition) is 5. The van der Waals surface area contributed by atoms with Crippen molar-refractivity contribution in [3.63, 3.8) is 0 Å². The zero-order valence-corrected chi connectivity index (χ0v) is 15.8. The first-order chi connectivity index (χ1) is 11.9. The van der Waals surface area contributed by atoms with Crippen LogP contribution in [0.2, 0.25) is 0 Å². The zero-order valence-electron chi connectivity index (χ0n) is 14.2. The monoisotopic (exact) mass is 397 g/mol. The largest absolute Gasteiger partial charge is 0.348 e. The number of hydrogen-bond donors (Lipinski definition) is 3. The minimum absolute atomic E-state index is 0.0294. The van der Waals surface area contributed by atoms with Gasteiger partial charge in [0.25, 0.3) is 5.91 Å². The van der Waals surface area contributed by atoms with Gasteiger partial charge in [-0.05, 0) is 54.8 Å². The Kier molecular flexibility index (Phi) is 5.52. The highest BCUT2D eigenvalue weighted by atomic mass is 32.2. The Morgan fingerprint density at radius 2 is 1.38 bits per heavy atom. The highest BCUT2D eigenvalue weighted by Gasteiger charge is 2.15. The summed E-state index contributed by atoms with van der Waals surface area (Å²) >= 11 is 0. The molecule has 0 atom stereocenters. The van der Waals surface area contributed by atoms with Crippen molar-refractivity contribution in [3.05, 3.63) is 58.7 Å². The molecule has 0 saturated heterocycles. The fourth-order valence-corrected chi connectivity index (χ4v) is 4.07. The lowest BCUT2D eigenvalue weighted by Gasteiger charge is -2.10. The third-order valence-electron chi connectivity index (χ3n) is 3.74. The van der Waals surface area contributed by atoms with Gasteiger partial charge in [-0.1, -0.05) is 12.1 Å². The molecule has 0 saturated carbocycles. The van der Waals surface area contributed by atoms with Crippen molar-refractivity contribution in [2.24, 2.45) is 10.3 Å². The van der Waals surface area contributed by atoms with Gasteiger partial charge in [-0.2, -0.15) is 0 Å². The Morgan fingerprint density at radius 1 is 0.885 bits per heavy atom. The molecule has 10 heteroatoms. The normalized spacial score (nSPS) is 12.0. The van der Waals surface area contributed by atoms with E-state index < -0.39 is 26.0 Å². The molecule has 8 nitrogen and oxygen atoms in total. The average molecular weight is 397 g/mol. The predicted octanol–water partition coefficient (Wildman–Crippen LogP) is 0.528. The van der Waals surface area contributed by atoms with Crippen molar-refractivity contribution >= 4 is 26.0 Å². The summed E-state index contributed by atoms with van der Waals surface area (Å²) in [5.74, 6) is -0.401. The molecular formula is C16H19N3O5S2. The first kappa shape index (κ1) is 20.0. The summed E-state index contributed by atoms with van der Waals surface area (Å²) in [5, 5.41) is 12.9. The zero-order chi connectivity index (χ0) is 19.7. The van der Waals surface area contributed by atoms with Crippen LogP contribution in [0, 0.1) is 13.8 Å². The van der Waals surface area contributed by atoms with Crippen molar-refractivity contribution in [2.75, 3.05) is 0 Å². The van der Waals surface area contributed by atoms with Crippen LogP contribution in [0.25, 0.3) is 0 Å². The molecule has 2 aromatic carbocycles. The van der Waals surface area contributed by atoms with E-state index in [4.69, 9.17) is 10.3 Å². The van der Waals surface area contributed by atoms with E-state index in [1.165, 1.54) is 24.3 Å². The molecule has 0 bridgehead atoms. The quantitative estimate of drug-likeness (QED) is 0.672. The van der Waals surface area contributed by atoms with Gasteiger partial charge in [-0.25, -0.2) is 27.1 Å². The van der Waals surface area contributed by atoms with Crippen molar-refractivity contribution in [1.29, 1.82) is 0 Å². The fourth-order valence-electron chi connectivity index (χ4n) is 2.53. The third kappa shape index (κ3) is 4.67. The molecular weight excluding hydrogens is 378 g/mol. The van der Waals surface area contributed by atoms with Gasteiger partial charge >= 0.3 is 0 Å². The maximum absolute atomic E-state index is 12.2. The van der Waals surface area contributed by atoms with E-state index in [9.17, 15) is 21.6 Å². The Bertz CT molecular complexity index is 1080. The Labute approximate surface area is 152 Å². The van der Waals surface area contributed by atoms with Gasteiger partial charge in [0, 0.05) is 12.1 Å². The first-order valence-corrected chi connectivity index (χ1v) is 10.5. The SMILES string of the molecule is Cc1cc(CNC(=O)c2ccc(S(N)(=O)=O)c(C)c2)ccc1S(N)(=O)=O. The lowest BCUT2D eigenvalue weighted by Crippen LogP contribution is -2.23. The van der Waals surface area contributed by atoms with Gasteiger partial charge in [-0.15, -0.1) is 0 Å². The number of carbonyl (C=O) groups excluding carboxylic acids is 1. The second-order valence-corrected chi connectivity index (χ2v) is 8.91. The van der Waals surface area contributed by atoms with Crippen LogP contribution in [0.3, 0.4) is 0 Å². The summed E-state index contributed by atoms with van der Waals surface area (Å²) in [4.78, 5) is 12.2. The predicted molar refractivity (Wildman–Crippen MR) is 96.3 cm³/mol. The van der Waals surface area contributed by atoms with Gasteiger partial charge in [0.1, 0.15) is 0 Å². The molecule has 0 aliphatic carbocycles. The second-order valence-electron chi connectivity index (χ2n) is 5.85. The number of aryl methyl sites for hydroxylation is 2. The number of sulfonamides is 2. The second kappa shape index (κ2) is 7.16. The molecule has 0 radical (unpaired) electrons. The Morgan fingerprint density at radius 3 is 1.85 bits per heavy atom. The average Bonchev–Trinajstić information content (AvgIpc) is 2.50. The summed E-state index contributed by atoms with van der Waals surface area (Å²) < 4.78 is 45.6. The van der Waals surface area contributed by atoms with Crippen molar-refractivity contribution in [3.8, 4) is 0 Å². The van der Waals surface area contributed by atoms with Crippen LogP contribution in [-0.4, -0.2) is 22.7 Å². The van der Waals surface area contributed by atoms with Crippen LogP contribution in [0.15, 0.2) is 46.2 Å². The summed E-state index contributed by atoms with van der Waals surface area (Å²) in [7, 11) is -7.64. The van der Waals surface area contributed by atoms with Crippen molar-refractivity contribution in [2.45, 2.75) is 30.2 Å². The van der Waals surface area contributed by atoms with E-state index in [2.05, 4.69) is 5.32 Å². The number of carbonyl (C=O) groups is 1. The number of nitrogens with two attached hydrogens (primary N) is 2. The van der Waals surface area contributed by atoms with Crippen LogP contribution in [-0.2, 0) is 26.6 Å². The fraction of sp³-hybridized carbons (Fsp3) is 0.188. The smallest absolute Gasteiger partial charge is 0.251 e. The lowest BCUT2D eigenvalue weighted by atomic mass is 10.1. The van der Waals surface area contributed by atoms with E-state index >= 15 is 0 Å². The van der Waals surface area contributed by atoms with Crippen LogP contribution >= 0.6 is 0 Å². The molecule has 5 N–H and O–H groups in total. The molecule has 2 aromatic rings. The maximum Gasteiger partial charge on any atom is 0.251 e. The summed E-state index contributed by atoms with van der Waals surface area (Å²) in [6.45, 7) is 3.33. The van der Waals surface area contributed by atoms with E-state index in [0.717, 1.165) is 0 Å². The molecule has 0 fully saturated rings. The highest BCUT2D eigenvalue weighted by molar-refractivity contribution is 7.89. The molecule has 0 heterocycles. The minimum atomic E-state index is -3.84. The molecule has 140 valence electrons. The number of amides is 1. The van der Waals surface area contributed by atoms with E-state index in [1.807, 2.05) is 0 Å². The van der Waals surface area contributed by atoms with Gasteiger partial charge in [-0.3, -0.25) is 4.79 Å². The first-order valence-electron chi connectivity index (χ1n) is 7.43. The number of nitrogens with one attached hydrogen (secondary N) is 1. The summed E-state index contributed by atoms with van der Waals surface area (Å²) in [5.41, 5.74) is 1.83. The van der Waals surface area contributed by atoms with Crippen LogP contribution in [0.1, 0.15) is 27.0 Å². The van der Waals surface area contributed by atoms with Crippen molar-refractivity contribution < 1.29 is 21.6 Å². The van der Waals surface area contributed by atoms with E-state index in [1.54, 1.807) is 26.0 Å². The number of benzene rings is 2. The minimum Gasteiger partial charge on any atom is -0.348 e.